The van der Waals surface area contributed by atoms with Crippen molar-refractivity contribution in [3.8, 4) is 0 Å². The summed E-state index contributed by atoms with van der Waals surface area (Å²) in [5.41, 5.74) is 0.956. The zero-order chi connectivity index (χ0) is 15.6. The third-order valence-electron chi connectivity index (χ3n) is 2.95. The van der Waals surface area contributed by atoms with E-state index in [0.29, 0.717) is 11.3 Å². The molecule has 0 heterocycles. The summed E-state index contributed by atoms with van der Waals surface area (Å²) in [7, 11) is -3.35. The number of aryl methyl sites for hydroxylation is 1. The van der Waals surface area contributed by atoms with Crippen molar-refractivity contribution in [2.75, 3.05) is 11.6 Å². The van der Waals surface area contributed by atoms with Gasteiger partial charge in [-0.2, -0.15) is 0 Å². The Morgan fingerprint density at radius 1 is 1.14 bits per heavy atom. The van der Waals surface area contributed by atoms with Crippen LogP contribution in [0.5, 0.6) is 0 Å². The molecule has 0 aliphatic rings. The van der Waals surface area contributed by atoms with Gasteiger partial charge in [-0.05, 0) is 42.8 Å². The summed E-state index contributed by atoms with van der Waals surface area (Å²) in [6, 6.07) is 10.1. The van der Waals surface area contributed by atoms with Crippen LogP contribution in [0.3, 0.4) is 0 Å². The first-order valence-corrected chi connectivity index (χ1v) is 8.04. The van der Waals surface area contributed by atoms with E-state index in [1.54, 1.807) is 13.0 Å². The maximum absolute atomic E-state index is 13.4. The van der Waals surface area contributed by atoms with Crippen LogP contribution in [0.4, 0.5) is 10.1 Å². The van der Waals surface area contributed by atoms with Gasteiger partial charge in [0.2, 0.25) is 0 Å². The van der Waals surface area contributed by atoms with Crippen LogP contribution >= 0.6 is 0 Å². The van der Waals surface area contributed by atoms with E-state index >= 15 is 0 Å². The molecule has 110 valence electrons. The standard InChI is InChI=1S/C15H14FNO3S/c1-10-6-7-11(8-14(10)16)15(18)17-12-4-3-5-13(9-12)21(2,19)20/h3-9H,1-2H3,(H,17,18). The first-order valence-electron chi connectivity index (χ1n) is 6.15. The van der Waals surface area contributed by atoms with E-state index in [2.05, 4.69) is 5.32 Å². The summed E-state index contributed by atoms with van der Waals surface area (Å²) in [4.78, 5) is 12.1. The zero-order valence-corrected chi connectivity index (χ0v) is 12.4. The van der Waals surface area contributed by atoms with Crippen LogP contribution in [0.2, 0.25) is 0 Å². The van der Waals surface area contributed by atoms with Crippen molar-refractivity contribution < 1.29 is 17.6 Å². The lowest BCUT2D eigenvalue weighted by atomic mass is 10.1. The molecule has 0 aromatic heterocycles. The number of amides is 1. The van der Waals surface area contributed by atoms with Gasteiger partial charge in [-0.25, -0.2) is 12.8 Å². The molecule has 0 aliphatic carbocycles. The van der Waals surface area contributed by atoms with Crippen LogP contribution in [0, 0.1) is 12.7 Å². The molecule has 2 aromatic rings. The second kappa shape index (κ2) is 5.65. The zero-order valence-electron chi connectivity index (χ0n) is 11.6. The molecule has 1 amide bonds. The minimum Gasteiger partial charge on any atom is -0.322 e. The monoisotopic (exact) mass is 307 g/mol. The van der Waals surface area contributed by atoms with Crippen LogP contribution in [-0.4, -0.2) is 20.6 Å². The van der Waals surface area contributed by atoms with Crippen molar-refractivity contribution in [1.82, 2.24) is 0 Å². The number of carbonyl (C=O) groups excluding carboxylic acids is 1. The molecular formula is C15H14FNO3S. The molecule has 0 saturated heterocycles. The third-order valence-corrected chi connectivity index (χ3v) is 4.06. The highest BCUT2D eigenvalue weighted by molar-refractivity contribution is 7.90. The molecule has 0 aliphatic heterocycles. The van der Waals surface area contributed by atoms with Crippen LogP contribution in [0.25, 0.3) is 0 Å². The number of hydrogen-bond acceptors (Lipinski definition) is 3. The Bertz CT molecular complexity index is 800. The van der Waals surface area contributed by atoms with E-state index in [1.165, 1.54) is 30.3 Å². The second-order valence-electron chi connectivity index (χ2n) is 4.72. The van der Waals surface area contributed by atoms with E-state index in [0.717, 1.165) is 12.3 Å². The van der Waals surface area contributed by atoms with Crippen LogP contribution in [0.15, 0.2) is 47.4 Å². The Kier molecular flexibility index (Phi) is 4.09. The molecule has 6 heteroatoms. The smallest absolute Gasteiger partial charge is 0.255 e. The average molecular weight is 307 g/mol. The van der Waals surface area contributed by atoms with Gasteiger partial charge in [-0.3, -0.25) is 4.79 Å². The Labute approximate surface area is 122 Å². The first kappa shape index (κ1) is 15.2. The molecular weight excluding hydrogens is 293 g/mol. The van der Waals surface area contributed by atoms with Gasteiger partial charge in [0.1, 0.15) is 5.82 Å². The minimum absolute atomic E-state index is 0.107. The summed E-state index contributed by atoms with van der Waals surface area (Å²) in [5, 5.41) is 2.55. The van der Waals surface area contributed by atoms with Gasteiger partial charge >= 0.3 is 0 Å². The van der Waals surface area contributed by atoms with Gasteiger partial charge in [0.25, 0.3) is 5.91 Å². The number of carbonyl (C=O) groups is 1. The fourth-order valence-electron chi connectivity index (χ4n) is 1.74. The minimum atomic E-state index is -3.35. The summed E-state index contributed by atoms with van der Waals surface area (Å²) in [5.74, 6) is -0.966. The summed E-state index contributed by atoms with van der Waals surface area (Å²) >= 11 is 0. The first-order chi connectivity index (χ1) is 9.77. The number of hydrogen-bond donors (Lipinski definition) is 1. The van der Waals surface area contributed by atoms with Gasteiger partial charge in [-0.15, -0.1) is 0 Å². The predicted octanol–water partition coefficient (Wildman–Crippen LogP) is 2.79. The topological polar surface area (TPSA) is 63.2 Å². The second-order valence-corrected chi connectivity index (χ2v) is 6.73. The Morgan fingerprint density at radius 3 is 2.48 bits per heavy atom. The van der Waals surface area contributed by atoms with Gasteiger partial charge in [0, 0.05) is 17.5 Å². The van der Waals surface area contributed by atoms with Crippen LogP contribution in [0.1, 0.15) is 15.9 Å². The number of benzene rings is 2. The van der Waals surface area contributed by atoms with Crippen molar-refractivity contribution in [3.63, 3.8) is 0 Å². The van der Waals surface area contributed by atoms with E-state index in [1.807, 2.05) is 0 Å². The SMILES string of the molecule is Cc1ccc(C(=O)Nc2cccc(S(C)(=O)=O)c2)cc1F. The molecule has 1 N–H and O–H groups in total. The van der Waals surface area contributed by atoms with Gasteiger partial charge in [0.05, 0.1) is 4.90 Å². The highest BCUT2D eigenvalue weighted by Crippen LogP contribution is 2.17. The van der Waals surface area contributed by atoms with Crippen molar-refractivity contribution in [3.05, 3.63) is 59.4 Å². The highest BCUT2D eigenvalue weighted by Gasteiger charge is 2.11. The number of nitrogens with one attached hydrogen (secondary N) is 1. The average Bonchev–Trinajstić information content (AvgIpc) is 2.41. The van der Waals surface area contributed by atoms with Gasteiger partial charge in [0.15, 0.2) is 9.84 Å². The quantitative estimate of drug-likeness (QED) is 0.948. The lowest BCUT2D eigenvalue weighted by Gasteiger charge is -2.07. The summed E-state index contributed by atoms with van der Waals surface area (Å²) in [6.07, 6.45) is 1.09. The lowest BCUT2D eigenvalue weighted by Crippen LogP contribution is -2.12. The van der Waals surface area contributed by atoms with Crippen LogP contribution in [-0.2, 0) is 9.84 Å². The van der Waals surface area contributed by atoms with Gasteiger partial charge < -0.3 is 5.32 Å². The van der Waals surface area contributed by atoms with Crippen molar-refractivity contribution in [2.24, 2.45) is 0 Å². The molecule has 2 aromatic carbocycles. The van der Waals surface area contributed by atoms with E-state index < -0.39 is 21.6 Å². The normalized spacial score (nSPS) is 11.2. The molecule has 0 radical (unpaired) electrons. The van der Waals surface area contributed by atoms with Crippen molar-refractivity contribution in [2.45, 2.75) is 11.8 Å². The molecule has 0 atom stereocenters. The third kappa shape index (κ3) is 3.66. The Balaban J connectivity index is 2.25. The molecule has 0 bridgehead atoms. The fraction of sp³-hybridized carbons (Fsp3) is 0.133. The van der Waals surface area contributed by atoms with Crippen molar-refractivity contribution >= 4 is 21.4 Å². The summed E-state index contributed by atoms with van der Waals surface area (Å²) in [6.45, 7) is 1.60. The van der Waals surface area contributed by atoms with Crippen molar-refractivity contribution in [1.29, 1.82) is 0 Å². The number of halogens is 1. The molecule has 0 fully saturated rings. The van der Waals surface area contributed by atoms with E-state index in [-0.39, 0.29) is 10.5 Å². The van der Waals surface area contributed by atoms with Crippen LogP contribution < -0.4 is 5.32 Å². The highest BCUT2D eigenvalue weighted by atomic mass is 32.2. The summed E-state index contributed by atoms with van der Waals surface area (Å²) < 4.78 is 36.4. The Hall–Kier alpha value is -2.21. The molecule has 0 saturated carbocycles. The molecule has 0 spiro atoms. The van der Waals surface area contributed by atoms with E-state index in [4.69, 9.17) is 0 Å². The molecule has 21 heavy (non-hydrogen) atoms. The predicted molar refractivity (Wildman–Crippen MR) is 78.6 cm³/mol. The maximum atomic E-state index is 13.4. The molecule has 4 nitrogen and oxygen atoms in total. The lowest BCUT2D eigenvalue weighted by molar-refractivity contribution is 0.102. The number of sulfone groups is 1. The van der Waals surface area contributed by atoms with E-state index in [9.17, 15) is 17.6 Å². The number of anilines is 1. The fourth-order valence-corrected chi connectivity index (χ4v) is 2.41. The number of rotatable bonds is 3. The largest absolute Gasteiger partial charge is 0.322 e. The maximum Gasteiger partial charge on any atom is 0.255 e. The molecule has 2 rings (SSSR count). The molecule has 0 unspecified atom stereocenters. The Morgan fingerprint density at radius 2 is 1.86 bits per heavy atom. The van der Waals surface area contributed by atoms with Gasteiger partial charge in [-0.1, -0.05) is 12.1 Å².